The van der Waals surface area contributed by atoms with Crippen molar-refractivity contribution in [1.29, 1.82) is 5.41 Å². The van der Waals surface area contributed by atoms with E-state index in [1.54, 1.807) is 13.8 Å². The highest BCUT2D eigenvalue weighted by atomic mass is 19.1. The fourth-order valence-corrected chi connectivity index (χ4v) is 3.94. The molecular formula is C29H26F2N6O6. The van der Waals surface area contributed by atoms with Crippen LogP contribution in [0.2, 0.25) is 0 Å². The van der Waals surface area contributed by atoms with Gasteiger partial charge in [0.05, 0.1) is 30.4 Å². The summed E-state index contributed by atoms with van der Waals surface area (Å²) < 4.78 is 40.8. The molecule has 3 N–H and O–H groups in total. The summed E-state index contributed by atoms with van der Waals surface area (Å²) in [4.78, 5) is 55.2. The van der Waals surface area contributed by atoms with Gasteiger partial charge in [-0.15, -0.1) is 0 Å². The van der Waals surface area contributed by atoms with Crippen molar-refractivity contribution < 1.29 is 27.8 Å². The van der Waals surface area contributed by atoms with Gasteiger partial charge in [-0.2, -0.15) is 0 Å². The summed E-state index contributed by atoms with van der Waals surface area (Å²) in [6, 6.07) is 9.10. The van der Waals surface area contributed by atoms with E-state index in [0.717, 1.165) is 35.2 Å². The van der Waals surface area contributed by atoms with Crippen LogP contribution in [0.25, 0.3) is 5.69 Å². The maximum absolute atomic E-state index is 15.1. The van der Waals surface area contributed by atoms with Gasteiger partial charge in [-0.3, -0.25) is 24.5 Å². The Morgan fingerprint density at radius 3 is 2.37 bits per heavy atom. The number of anilines is 2. The van der Waals surface area contributed by atoms with Crippen molar-refractivity contribution in [1.82, 2.24) is 14.1 Å². The summed E-state index contributed by atoms with van der Waals surface area (Å²) in [5, 5.41) is 12.2. The van der Waals surface area contributed by atoms with Crippen LogP contribution >= 0.6 is 0 Å². The van der Waals surface area contributed by atoms with Crippen LogP contribution in [0.15, 0.2) is 70.5 Å². The molecule has 2 aromatic carbocycles. The second-order valence-electron chi connectivity index (χ2n) is 9.34. The fraction of sp³-hybridized carbons (Fsp3) is 0.172. The number of hydrogen-bond donors (Lipinski definition) is 3. The Balaban J connectivity index is 1.64. The Kier molecular flexibility index (Phi) is 9.08. The number of nitrogens with one attached hydrogen (secondary N) is 3. The molecule has 4 rings (SSSR count). The van der Waals surface area contributed by atoms with Crippen molar-refractivity contribution in [2.24, 2.45) is 0 Å². The van der Waals surface area contributed by atoms with Crippen molar-refractivity contribution >= 4 is 29.6 Å². The molecule has 4 aromatic rings. The van der Waals surface area contributed by atoms with E-state index < -0.39 is 46.5 Å². The number of carbonyl (C=O) groups is 2. The van der Waals surface area contributed by atoms with Crippen molar-refractivity contribution in [2.75, 3.05) is 17.7 Å². The molecule has 0 radical (unpaired) electrons. The van der Waals surface area contributed by atoms with Gasteiger partial charge in [0.15, 0.2) is 17.3 Å². The lowest BCUT2D eigenvalue weighted by Crippen LogP contribution is -2.42. The summed E-state index contributed by atoms with van der Waals surface area (Å²) in [5.41, 5.74) is -1.54. The Bertz CT molecular complexity index is 1820. The summed E-state index contributed by atoms with van der Waals surface area (Å²) in [6.07, 6.45) is 2.82. The van der Waals surface area contributed by atoms with E-state index in [0.29, 0.717) is 5.69 Å². The molecule has 2 aromatic heterocycles. The first-order chi connectivity index (χ1) is 20.5. The van der Waals surface area contributed by atoms with Crippen molar-refractivity contribution in [3.63, 3.8) is 0 Å². The van der Waals surface area contributed by atoms with Gasteiger partial charge in [-0.05, 0) is 50.2 Å². The second-order valence-corrected chi connectivity index (χ2v) is 9.34. The molecule has 14 heteroatoms. The molecule has 0 unspecified atom stereocenters. The first kappa shape index (κ1) is 30.3. The normalized spacial score (nSPS) is 10.7. The zero-order valence-corrected chi connectivity index (χ0v) is 23.2. The van der Waals surface area contributed by atoms with Gasteiger partial charge in [0, 0.05) is 42.7 Å². The number of pyridine rings is 1. The largest absolute Gasteiger partial charge is 0.453 e. The monoisotopic (exact) mass is 592 g/mol. The number of hydrogen-bond acceptors (Lipinski definition) is 8. The first-order valence-corrected chi connectivity index (χ1v) is 12.8. The minimum atomic E-state index is -0.946. The minimum Gasteiger partial charge on any atom is -0.453 e. The Hall–Kier alpha value is -5.66. The Morgan fingerprint density at radius 2 is 1.74 bits per heavy atom. The molecule has 43 heavy (non-hydrogen) atoms. The van der Waals surface area contributed by atoms with Gasteiger partial charge in [-0.1, -0.05) is 0 Å². The minimum absolute atomic E-state index is 0.0242. The average Bonchev–Trinajstić information content (AvgIpc) is 2.96. The quantitative estimate of drug-likeness (QED) is 0.238. The van der Waals surface area contributed by atoms with Crippen LogP contribution in [0.3, 0.4) is 0 Å². The molecule has 0 aliphatic rings. The van der Waals surface area contributed by atoms with Crippen LogP contribution in [0.1, 0.15) is 35.9 Å². The van der Waals surface area contributed by atoms with Crippen LogP contribution in [-0.2, 0) is 11.2 Å². The molecule has 0 atom stereocenters. The lowest BCUT2D eigenvalue weighted by molar-refractivity contribution is 0.102. The molecule has 12 nitrogen and oxygen atoms in total. The van der Waals surface area contributed by atoms with Gasteiger partial charge in [0.25, 0.3) is 11.5 Å². The summed E-state index contributed by atoms with van der Waals surface area (Å²) in [5.74, 6) is -2.57. The second kappa shape index (κ2) is 12.9. The third-order valence-corrected chi connectivity index (χ3v) is 6.07. The predicted octanol–water partition coefficient (Wildman–Crippen LogP) is 4.67. The highest BCUT2D eigenvalue weighted by Gasteiger charge is 2.21. The number of methoxy groups -OCH3 is 1. The van der Waals surface area contributed by atoms with E-state index in [-0.39, 0.29) is 35.0 Å². The summed E-state index contributed by atoms with van der Waals surface area (Å²) >= 11 is 0. The lowest BCUT2D eigenvalue weighted by Gasteiger charge is -2.16. The summed E-state index contributed by atoms with van der Waals surface area (Å²) in [6.45, 7) is 3.36. The van der Waals surface area contributed by atoms with Gasteiger partial charge < -0.3 is 20.2 Å². The van der Waals surface area contributed by atoms with Crippen LogP contribution in [0.5, 0.6) is 11.5 Å². The number of carbonyl (C=O) groups excluding carboxylic acids is 2. The van der Waals surface area contributed by atoms with Crippen LogP contribution in [0.4, 0.5) is 25.0 Å². The number of benzene rings is 2. The standard InChI is InChI=1S/C29H26F2N6O6/c1-16(2)36-15-21(27(39)37(29(36)41)20-7-4-17(30)5-8-20)26(38)34-18-6-9-24(22(31)12-18)43-25-13-19(35-28(40)42-3)14-33-23(25)10-11-32/h4-9,11-16,32H,10H2,1-3H3,(H,34,38)(H,35,40). The van der Waals surface area contributed by atoms with E-state index in [2.05, 4.69) is 20.4 Å². The lowest BCUT2D eigenvalue weighted by atomic mass is 10.2. The highest BCUT2D eigenvalue weighted by molar-refractivity contribution is 6.03. The SMILES string of the molecule is COC(=O)Nc1cnc(CC=N)c(Oc2ccc(NC(=O)c3cn(C(C)C)c(=O)n(-c4ccc(F)cc4)c3=O)cc2F)c1. The van der Waals surface area contributed by atoms with E-state index >= 15 is 4.39 Å². The molecular weight excluding hydrogens is 566 g/mol. The molecule has 0 bridgehead atoms. The van der Waals surface area contributed by atoms with Gasteiger partial charge in [0.1, 0.15) is 11.4 Å². The first-order valence-electron chi connectivity index (χ1n) is 12.8. The number of amides is 2. The molecule has 0 fully saturated rings. The van der Waals surface area contributed by atoms with Crippen LogP contribution in [0, 0.1) is 17.0 Å². The maximum Gasteiger partial charge on any atom is 0.411 e. The molecule has 2 heterocycles. The van der Waals surface area contributed by atoms with E-state index in [4.69, 9.17) is 10.1 Å². The number of aromatic nitrogens is 3. The molecule has 0 aliphatic heterocycles. The molecule has 0 aliphatic carbocycles. The van der Waals surface area contributed by atoms with Gasteiger partial charge >= 0.3 is 11.8 Å². The molecule has 222 valence electrons. The van der Waals surface area contributed by atoms with E-state index in [1.165, 1.54) is 48.2 Å². The molecule has 2 amide bonds. The molecule has 0 saturated carbocycles. The van der Waals surface area contributed by atoms with Crippen molar-refractivity contribution in [3.8, 4) is 17.2 Å². The zero-order chi connectivity index (χ0) is 31.3. The van der Waals surface area contributed by atoms with Gasteiger partial charge in [-0.25, -0.2) is 22.9 Å². The van der Waals surface area contributed by atoms with Crippen LogP contribution < -0.4 is 26.6 Å². The summed E-state index contributed by atoms with van der Waals surface area (Å²) in [7, 11) is 1.18. The Morgan fingerprint density at radius 1 is 1.02 bits per heavy atom. The van der Waals surface area contributed by atoms with Crippen molar-refractivity contribution in [2.45, 2.75) is 26.3 Å². The maximum atomic E-state index is 15.1. The molecule has 0 spiro atoms. The number of ether oxygens (including phenoxy) is 2. The fourth-order valence-electron chi connectivity index (χ4n) is 3.94. The van der Waals surface area contributed by atoms with Crippen LogP contribution in [-0.4, -0.2) is 39.4 Å². The number of nitrogens with zero attached hydrogens (tertiary/aromatic N) is 3. The third kappa shape index (κ3) is 6.81. The predicted molar refractivity (Wildman–Crippen MR) is 154 cm³/mol. The van der Waals surface area contributed by atoms with Gasteiger partial charge in [0.2, 0.25) is 0 Å². The topological polar surface area (TPSA) is 157 Å². The van der Waals surface area contributed by atoms with Crippen molar-refractivity contribution in [3.05, 3.63) is 105 Å². The smallest absolute Gasteiger partial charge is 0.411 e. The van der Waals surface area contributed by atoms with E-state index in [1.807, 2.05) is 0 Å². The van der Waals surface area contributed by atoms with E-state index in [9.17, 15) is 23.6 Å². The molecule has 0 saturated heterocycles. The average molecular weight is 593 g/mol. The number of halogens is 2. The zero-order valence-electron chi connectivity index (χ0n) is 23.2. The Labute approximate surface area is 243 Å². The number of rotatable bonds is 9. The highest BCUT2D eigenvalue weighted by Crippen LogP contribution is 2.30. The third-order valence-electron chi connectivity index (χ3n) is 6.07.